The molecule has 88 valence electrons. The average Bonchev–Trinajstić information content (AvgIpc) is 2.78. The number of hydrogen-bond donors (Lipinski definition) is 0. The third-order valence-electron chi connectivity index (χ3n) is 2.18. The molecule has 2 heterocycles. The molecule has 7 heteroatoms. The van der Waals surface area contributed by atoms with Crippen LogP contribution in [0.5, 0.6) is 11.5 Å². The fourth-order valence-electron chi connectivity index (χ4n) is 1.50. The highest BCUT2D eigenvalue weighted by molar-refractivity contribution is 5.60. The smallest absolute Gasteiger partial charge is 0.395 e. The minimum absolute atomic E-state index is 0.0185. The van der Waals surface area contributed by atoms with Crippen molar-refractivity contribution < 1.29 is 22.8 Å². The van der Waals surface area contributed by atoms with E-state index in [-0.39, 0.29) is 17.4 Å². The standard InChI is InChI=1S/C10H6F2N2O3/c1-5-13-9(17-14-5)6-2-3-7-8(4-6)16-10(11,12)15-7/h2-4H,1H3. The van der Waals surface area contributed by atoms with Crippen LogP contribution in [0.2, 0.25) is 0 Å². The van der Waals surface area contributed by atoms with Gasteiger partial charge in [0.25, 0.3) is 5.89 Å². The molecule has 0 unspecified atom stereocenters. The van der Waals surface area contributed by atoms with Crippen molar-refractivity contribution in [2.45, 2.75) is 13.2 Å². The van der Waals surface area contributed by atoms with Crippen LogP contribution in [0.3, 0.4) is 0 Å². The van der Waals surface area contributed by atoms with Gasteiger partial charge in [0.15, 0.2) is 17.3 Å². The monoisotopic (exact) mass is 240 g/mol. The highest BCUT2D eigenvalue weighted by Gasteiger charge is 2.43. The second-order valence-electron chi connectivity index (χ2n) is 3.48. The summed E-state index contributed by atoms with van der Waals surface area (Å²) in [6, 6.07) is 4.27. The van der Waals surface area contributed by atoms with E-state index >= 15 is 0 Å². The number of fused-ring (bicyclic) bond motifs is 1. The summed E-state index contributed by atoms with van der Waals surface area (Å²) in [5.74, 6) is 0.630. The van der Waals surface area contributed by atoms with Crippen molar-refractivity contribution in [1.29, 1.82) is 0 Å². The van der Waals surface area contributed by atoms with Gasteiger partial charge < -0.3 is 14.0 Å². The molecule has 0 radical (unpaired) electrons. The minimum atomic E-state index is -3.62. The normalized spacial score (nSPS) is 16.2. The molecule has 0 atom stereocenters. The number of nitrogens with zero attached hydrogens (tertiary/aromatic N) is 2. The molecule has 1 aromatic heterocycles. The summed E-state index contributed by atoms with van der Waals surface area (Å²) in [5.41, 5.74) is 0.491. The molecular formula is C10H6F2N2O3. The van der Waals surface area contributed by atoms with E-state index in [2.05, 4.69) is 19.6 Å². The van der Waals surface area contributed by atoms with Gasteiger partial charge in [-0.05, 0) is 25.1 Å². The third-order valence-corrected chi connectivity index (χ3v) is 2.18. The Hall–Kier alpha value is -2.18. The molecular weight excluding hydrogens is 234 g/mol. The van der Waals surface area contributed by atoms with Crippen molar-refractivity contribution in [3.63, 3.8) is 0 Å². The number of ether oxygens (including phenoxy) is 2. The van der Waals surface area contributed by atoms with E-state index in [1.807, 2.05) is 0 Å². The van der Waals surface area contributed by atoms with Crippen LogP contribution >= 0.6 is 0 Å². The molecule has 1 aromatic carbocycles. The van der Waals surface area contributed by atoms with Gasteiger partial charge >= 0.3 is 6.29 Å². The van der Waals surface area contributed by atoms with Crippen molar-refractivity contribution in [1.82, 2.24) is 10.1 Å². The summed E-state index contributed by atoms with van der Waals surface area (Å²) in [6.07, 6.45) is -3.62. The van der Waals surface area contributed by atoms with Crippen molar-refractivity contribution in [3.8, 4) is 23.0 Å². The Morgan fingerprint density at radius 1 is 1.18 bits per heavy atom. The van der Waals surface area contributed by atoms with E-state index in [0.717, 1.165) is 0 Å². The van der Waals surface area contributed by atoms with Crippen LogP contribution in [-0.2, 0) is 0 Å². The molecule has 0 saturated heterocycles. The van der Waals surface area contributed by atoms with Gasteiger partial charge in [-0.25, -0.2) is 0 Å². The lowest BCUT2D eigenvalue weighted by atomic mass is 10.2. The summed E-state index contributed by atoms with van der Waals surface area (Å²) in [6.45, 7) is 1.66. The Bertz CT molecular complexity index is 583. The fourth-order valence-corrected chi connectivity index (χ4v) is 1.50. The van der Waals surface area contributed by atoms with Crippen molar-refractivity contribution in [3.05, 3.63) is 24.0 Å². The van der Waals surface area contributed by atoms with E-state index < -0.39 is 6.29 Å². The number of benzene rings is 1. The second-order valence-corrected chi connectivity index (χ2v) is 3.48. The summed E-state index contributed by atoms with van der Waals surface area (Å²) >= 11 is 0. The Balaban J connectivity index is 2.01. The first kappa shape index (κ1) is 10.0. The maximum absolute atomic E-state index is 12.8. The van der Waals surface area contributed by atoms with Crippen LogP contribution < -0.4 is 9.47 Å². The van der Waals surface area contributed by atoms with Crippen LogP contribution in [0, 0.1) is 6.92 Å². The SMILES string of the molecule is Cc1noc(-c2ccc3c(c2)OC(F)(F)O3)n1. The lowest BCUT2D eigenvalue weighted by molar-refractivity contribution is -0.286. The quantitative estimate of drug-likeness (QED) is 0.765. The van der Waals surface area contributed by atoms with E-state index in [4.69, 9.17) is 4.52 Å². The third kappa shape index (κ3) is 1.69. The molecule has 0 fully saturated rings. The number of aryl methyl sites for hydroxylation is 1. The Morgan fingerprint density at radius 2 is 1.94 bits per heavy atom. The molecule has 0 aliphatic carbocycles. The average molecular weight is 240 g/mol. The van der Waals surface area contributed by atoms with Crippen LogP contribution in [0.25, 0.3) is 11.5 Å². The highest BCUT2D eigenvalue weighted by Crippen LogP contribution is 2.42. The Morgan fingerprint density at radius 3 is 2.65 bits per heavy atom. The van der Waals surface area contributed by atoms with Gasteiger partial charge in [0.1, 0.15) is 0 Å². The number of halogens is 2. The van der Waals surface area contributed by atoms with Gasteiger partial charge in [0.2, 0.25) is 0 Å². The molecule has 0 saturated carbocycles. The zero-order chi connectivity index (χ0) is 12.0. The first-order valence-electron chi connectivity index (χ1n) is 4.74. The maximum Gasteiger partial charge on any atom is 0.586 e. The number of alkyl halides is 2. The van der Waals surface area contributed by atoms with Crippen molar-refractivity contribution >= 4 is 0 Å². The van der Waals surface area contributed by atoms with Crippen molar-refractivity contribution in [2.75, 3.05) is 0 Å². The molecule has 17 heavy (non-hydrogen) atoms. The molecule has 0 bridgehead atoms. The largest absolute Gasteiger partial charge is 0.586 e. The van der Waals surface area contributed by atoms with Crippen molar-refractivity contribution in [2.24, 2.45) is 0 Å². The second kappa shape index (κ2) is 3.16. The van der Waals surface area contributed by atoms with Crippen LogP contribution in [0.1, 0.15) is 5.82 Å². The van der Waals surface area contributed by atoms with E-state index in [1.54, 1.807) is 6.92 Å². The summed E-state index contributed by atoms with van der Waals surface area (Å²) in [7, 11) is 0. The summed E-state index contributed by atoms with van der Waals surface area (Å²) < 4.78 is 39.1. The zero-order valence-corrected chi connectivity index (χ0v) is 8.61. The van der Waals surface area contributed by atoms with E-state index in [1.165, 1.54) is 18.2 Å². The number of aromatic nitrogens is 2. The number of hydrogen-bond acceptors (Lipinski definition) is 5. The lowest BCUT2D eigenvalue weighted by Gasteiger charge is -2.04. The van der Waals surface area contributed by atoms with Gasteiger partial charge in [0, 0.05) is 5.56 Å². The maximum atomic E-state index is 12.8. The van der Waals surface area contributed by atoms with Gasteiger partial charge in [-0.15, -0.1) is 8.78 Å². The molecule has 0 spiro atoms. The molecule has 0 amide bonds. The molecule has 2 aromatic rings. The fraction of sp³-hybridized carbons (Fsp3) is 0.200. The predicted octanol–water partition coefficient (Wildman–Crippen LogP) is 2.37. The lowest BCUT2D eigenvalue weighted by Crippen LogP contribution is -2.25. The Kier molecular flexibility index (Phi) is 1.86. The predicted molar refractivity (Wildman–Crippen MR) is 50.7 cm³/mol. The topological polar surface area (TPSA) is 57.4 Å². The first-order chi connectivity index (χ1) is 8.03. The highest BCUT2D eigenvalue weighted by atomic mass is 19.3. The summed E-state index contributed by atoms with van der Waals surface area (Å²) in [4.78, 5) is 3.98. The molecule has 0 N–H and O–H groups in total. The first-order valence-corrected chi connectivity index (χ1v) is 4.74. The minimum Gasteiger partial charge on any atom is -0.395 e. The Labute approximate surface area is 94.0 Å². The summed E-state index contributed by atoms with van der Waals surface area (Å²) in [5, 5.41) is 3.61. The number of rotatable bonds is 1. The van der Waals surface area contributed by atoms with Gasteiger partial charge in [-0.3, -0.25) is 0 Å². The van der Waals surface area contributed by atoms with Gasteiger partial charge in [0.05, 0.1) is 0 Å². The molecule has 5 nitrogen and oxygen atoms in total. The van der Waals surface area contributed by atoms with E-state index in [9.17, 15) is 8.78 Å². The molecule has 1 aliphatic rings. The van der Waals surface area contributed by atoms with E-state index in [0.29, 0.717) is 11.4 Å². The van der Waals surface area contributed by atoms with Gasteiger partial charge in [-0.2, -0.15) is 4.98 Å². The van der Waals surface area contributed by atoms with Crippen LogP contribution in [0.15, 0.2) is 22.7 Å². The zero-order valence-electron chi connectivity index (χ0n) is 8.61. The van der Waals surface area contributed by atoms with Crippen LogP contribution in [-0.4, -0.2) is 16.4 Å². The van der Waals surface area contributed by atoms with Crippen LogP contribution in [0.4, 0.5) is 8.78 Å². The molecule has 3 rings (SSSR count). The van der Waals surface area contributed by atoms with Gasteiger partial charge in [-0.1, -0.05) is 5.16 Å². The molecule has 1 aliphatic heterocycles.